The van der Waals surface area contributed by atoms with Crippen molar-refractivity contribution in [3.8, 4) is 0 Å². The van der Waals surface area contributed by atoms with E-state index in [9.17, 15) is 8.78 Å². The van der Waals surface area contributed by atoms with Crippen LogP contribution in [-0.4, -0.2) is 0 Å². The quantitative estimate of drug-likeness (QED) is 0.759. The minimum atomic E-state index is -0.903. The molecule has 1 atom stereocenters. The minimum absolute atomic E-state index is 0.0220. The number of hydrogen-bond donors (Lipinski definition) is 1. The average molecular weight is 318 g/mol. The second-order valence-corrected chi connectivity index (χ2v) is 6.92. The maximum Gasteiger partial charge on any atom is 0.145 e. The molecule has 1 aromatic carbocycles. The van der Waals surface area contributed by atoms with Gasteiger partial charge in [0.1, 0.15) is 11.6 Å². The van der Waals surface area contributed by atoms with Crippen molar-refractivity contribution in [3.63, 3.8) is 0 Å². The highest BCUT2D eigenvalue weighted by Gasteiger charge is 2.41. The Morgan fingerprint density at radius 2 is 1.89 bits per heavy atom. The summed E-state index contributed by atoms with van der Waals surface area (Å²) in [6, 6.07) is 2.66. The summed E-state index contributed by atoms with van der Waals surface area (Å²) in [5.41, 5.74) is 5.48. The van der Waals surface area contributed by atoms with Gasteiger partial charge in [-0.3, -0.25) is 0 Å². The zero-order chi connectivity index (χ0) is 13.6. The number of benzene rings is 1. The van der Waals surface area contributed by atoms with Crippen LogP contribution in [0.1, 0.15) is 45.1 Å². The van der Waals surface area contributed by atoms with E-state index in [-0.39, 0.29) is 15.5 Å². The highest BCUT2D eigenvalue weighted by Crippen LogP contribution is 2.46. The van der Waals surface area contributed by atoms with Crippen LogP contribution in [0, 0.1) is 17.0 Å². The molecule has 100 valence electrons. The smallest absolute Gasteiger partial charge is 0.145 e. The molecule has 0 saturated heterocycles. The second-order valence-electron chi connectivity index (χ2n) is 6.07. The molecule has 18 heavy (non-hydrogen) atoms. The number of nitrogens with two attached hydrogens (primary N) is 1. The molecule has 2 rings (SSSR count). The van der Waals surface area contributed by atoms with Gasteiger partial charge in [0.25, 0.3) is 0 Å². The molecule has 0 spiro atoms. The minimum Gasteiger partial charge on any atom is -0.321 e. The lowest BCUT2D eigenvalue weighted by Crippen LogP contribution is -2.45. The average Bonchev–Trinajstić information content (AvgIpc) is 2.22. The largest absolute Gasteiger partial charge is 0.321 e. The molecule has 1 aliphatic rings. The van der Waals surface area contributed by atoms with Crippen LogP contribution in [0.3, 0.4) is 0 Å². The Bertz CT molecular complexity index is 473. The van der Waals surface area contributed by atoms with Crippen molar-refractivity contribution in [3.05, 3.63) is 33.8 Å². The molecule has 2 N–H and O–H groups in total. The molecule has 4 heteroatoms. The van der Waals surface area contributed by atoms with Crippen LogP contribution in [-0.2, 0) is 5.54 Å². The van der Waals surface area contributed by atoms with Gasteiger partial charge in [-0.05, 0) is 52.7 Å². The Balaban J connectivity index is 2.50. The van der Waals surface area contributed by atoms with Crippen molar-refractivity contribution in [2.24, 2.45) is 11.1 Å². The van der Waals surface area contributed by atoms with Crippen LogP contribution in [0.2, 0.25) is 0 Å². The van der Waals surface area contributed by atoms with E-state index in [1.165, 1.54) is 12.1 Å². The second kappa shape index (κ2) is 4.57. The molecule has 1 saturated carbocycles. The summed E-state index contributed by atoms with van der Waals surface area (Å²) in [6.07, 6.45) is 3.17. The van der Waals surface area contributed by atoms with Crippen LogP contribution < -0.4 is 5.73 Å². The Morgan fingerprint density at radius 3 is 2.50 bits per heavy atom. The molecule has 1 fully saturated rings. The first kappa shape index (κ1) is 13.9. The number of hydrogen-bond acceptors (Lipinski definition) is 1. The summed E-state index contributed by atoms with van der Waals surface area (Å²) in [5, 5.41) is 0. The van der Waals surface area contributed by atoms with E-state index >= 15 is 0 Å². The molecule has 0 heterocycles. The maximum atomic E-state index is 14.2. The monoisotopic (exact) mass is 317 g/mol. The van der Waals surface area contributed by atoms with Crippen molar-refractivity contribution in [1.82, 2.24) is 0 Å². The summed E-state index contributed by atoms with van der Waals surface area (Å²) in [5.74, 6) is -1.11. The lowest BCUT2D eigenvalue weighted by Gasteiger charge is -2.43. The molecule has 0 radical (unpaired) electrons. The number of rotatable bonds is 1. The maximum absolute atomic E-state index is 14.2. The van der Waals surface area contributed by atoms with Crippen LogP contribution in [0.5, 0.6) is 0 Å². The van der Waals surface area contributed by atoms with E-state index in [1.807, 2.05) is 0 Å². The molecule has 1 aliphatic carbocycles. The van der Waals surface area contributed by atoms with Crippen molar-refractivity contribution in [1.29, 1.82) is 0 Å². The summed E-state index contributed by atoms with van der Waals surface area (Å²) < 4.78 is 28.4. The Hall–Kier alpha value is -0.480. The normalized spacial score (nSPS) is 27.2. The standard InChI is InChI=1S/C14H18BrF2N/c1-13(2)6-3-7-14(18,8-13)11-10(16)5-4-9(15)12(11)17/h4-5H,3,6-8,18H2,1-2H3. The van der Waals surface area contributed by atoms with Gasteiger partial charge in [0.2, 0.25) is 0 Å². The molecule has 0 amide bonds. The Kier molecular flexibility index (Phi) is 3.54. The summed E-state index contributed by atoms with van der Waals surface area (Å²) in [4.78, 5) is 0. The van der Waals surface area contributed by atoms with Crippen LogP contribution >= 0.6 is 15.9 Å². The van der Waals surface area contributed by atoms with E-state index in [1.54, 1.807) is 0 Å². The molecule has 0 bridgehead atoms. The van der Waals surface area contributed by atoms with E-state index in [0.29, 0.717) is 12.8 Å². The third-order valence-electron chi connectivity index (χ3n) is 3.81. The van der Waals surface area contributed by atoms with Gasteiger partial charge in [0, 0.05) is 11.1 Å². The van der Waals surface area contributed by atoms with Gasteiger partial charge in [0.15, 0.2) is 0 Å². The lowest BCUT2D eigenvalue weighted by molar-refractivity contribution is 0.144. The fourth-order valence-corrected chi connectivity index (χ4v) is 3.44. The van der Waals surface area contributed by atoms with E-state index in [4.69, 9.17) is 5.73 Å². The SMILES string of the molecule is CC1(C)CCCC(N)(c2c(F)ccc(Br)c2F)C1. The Labute approximate surface area is 115 Å². The first-order chi connectivity index (χ1) is 8.25. The Morgan fingerprint density at radius 1 is 1.22 bits per heavy atom. The first-order valence-electron chi connectivity index (χ1n) is 6.18. The van der Waals surface area contributed by atoms with Gasteiger partial charge >= 0.3 is 0 Å². The molecule has 0 aliphatic heterocycles. The van der Waals surface area contributed by atoms with Gasteiger partial charge < -0.3 is 5.73 Å². The molecule has 1 aromatic rings. The van der Waals surface area contributed by atoms with Crippen molar-refractivity contribution >= 4 is 15.9 Å². The highest BCUT2D eigenvalue weighted by molar-refractivity contribution is 9.10. The van der Waals surface area contributed by atoms with Gasteiger partial charge in [-0.2, -0.15) is 0 Å². The van der Waals surface area contributed by atoms with Crippen molar-refractivity contribution < 1.29 is 8.78 Å². The zero-order valence-electron chi connectivity index (χ0n) is 10.7. The predicted octanol–water partition coefficient (Wildman–Crippen LogP) is 4.48. The molecular formula is C14H18BrF2N. The van der Waals surface area contributed by atoms with Gasteiger partial charge in [0.05, 0.1) is 4.47 Å². The molecule has 0 aromatic heterocycles. The fourth-order valence-electron chi connectivity index (χ4n) is 3.11. The summed E-state index contributed by atoms with van der Waals surface area (Å²) >= 11 is 3.10. The van der Waals surface area contributed by atoms with Crippen molar-refractivity contribution in [2.45, 2.75) is 45.1 Å². The number of halogens is 3. The van der Waals surface area contributed by atoms with Crippen LogP contribution in [0.15, 0.2) is 16.6 Å². The zero-order valence-corrected chi connectivity index (χ0v) is 12.3. The van der Waals surface area contributed by atoms with E-state index < -0.39 is 17.2 Å². The van der Waals surface area contributed by atoms with Gasteiger partial charge in [-0.25, -0.2) is 8.78 Å². The van der Waals surface area contributed by atoms with Crippen LogP contribution in [0.25, 0.3) is 0 Å². The highest BCUT2D eigenvalue weighted by atomic mass is 79.9. The van der Waals surface area contributed by atoms with E-state index in [2.05, 4.69) is 29.8 Å². The van der Waals surface area contributed by atoms with Gasteiger partial charge in [-0.15, -0.1) is 0 Å². The topological polar surface area (TPSA) is 26.0 Å². The summed E-state index contributed by atoms with van der Waals surface area (Å²) in [6.45, 7) is 4.20. The molecule has 1 nitrogen and oxygen atoms in total. The van der Waals surface area contributed by atoms with Gasteiger partial charge in [-0.1, -0.05) is 20.3 Å². The fraction of sp³-hybridized carbons (Fsp3) is 0.571. The van der Waals surface area contributed by atoms with E-state index in [0.717, 1.165) is 12.8 Å². The first-order valence-corrected chi connectivity index (χ1v) is 6.97. The summed E-state index contributed by atoms with van der Waals surface area (Å²) in [7, 11) is 0. The van der Waals surface area contributed by atoms with Crippen LogP contribution in [0.4, 0.5) is 8.78 Å². The predicted molar refractivity (Wildman–Crippen MR) is 72.2 cm³/mol. The van der Waals surface area contributed by atoms with Crippen molar-refractivity contribution in [2.75, 3.05) is 0 Å². The molecular weight excluding hydrogens is 300 g/mol. The third-order valence-corrected chi connectivity index (χ3v) is 4.42. The molecule has 1 unspecified atom stereocenters. The lowest BCUT2D eigenvalue weighted by atomic mass is 9.66. The third kappa shape index (κ3) is 2.45.